The van der Waals surface area contributed by atoms with Crippen molar-refractivity contribution >= 4 is 27.7 Å². The van der Waals surface area contributed by atoms with E-state index in [-0.39, 0.29) is 11.3 Å². The van der Waals surface area contributed by atoms with Gasteiger partial charge in [-0.1, -0.05) is 12.1 Å². The van der Waals surface area contributed by atoms with Crippen LogP contribution < -0.4 is 10.1 Å². The number of ether oxygens (including phenoxy) is 1. The van der Waals surface area contributed by atoms with Gasteiger partial charge in [-0.05, 0) is 54.1 Å². The summed E-state index contributed by atoms with van der Waals surface area (Å²) in [6.45, 7) is 0. The van der Waals surface area contributed by atoms with Crippen molar-refractivity contribution in [2.45, 2.75) is 12.2 Å². The van der Waals surface area contributed by atoms with Gasteiger partial charge in [0.05, 0.1) is 35.4 Å². The molecule has 0 saturated carbocycles. The molecule has 0 bridgehead atoms. The van der Waals surface area contributed by atoms with Crippen molar-refractivity contribution in [3.8, 4) is 5.75 Å². The Balaban J connectivity index is 1.60. The molecule has 0 aliphatic carbocycles. The maximum atomic E-state index is 13.9. The third-order valence-electron chi connectivity index (χ3n) is 5.81. The Bertz CT molecular complexity index is 1590. The summed E-state index contributed by atoms with van der Waals surface area (Å²) in [5, 5.41) is 4.25. The predicted octanol–water partition coefficient (Wildman–Crippen LogP) is 5.72. The van der Waals surface area contributed by atoms with Crippen LogP contribution in [0.25, 0.3) is 21.8 Å². The molecular weight excluding hydrogens is 469 g/mol. The number of fused-ring (bicyclic) bond motifs is 2. The largest absolute Gasteiger partial charge is 0.497 e. The Morgan fingerprint density at radius 3 is 2.44 bits per heavy atom. The molecule has 0 radical (unpaired) electrons. The highest BCUT2D eigenvalue weighted by Gasteiger charge is 2.37. The lowest BCUT2D eigenvalue weighted by atomic mass is 9.98. The minimum absolute atomic E-state index is 0.258. The second kappa shape index (κ2) is 9.26. The molecule has 180 valence electrons. The molecule has 9 heteroatoms. The van der Waals surface area contributed by atoms with Gasteiger partial charge in [-0.2, -0.15) is 13.2 Å². The maximum Gasteiger partial charge on any atom is 0.418 e. The molecule has 1 unspecified atom stereocenters. The molecule has 6 nitrogen and oxygen atoms in total. The first-order chi connectivity index (χ1) is 17.3. The van der Waals surface area contributed by atoms with E-state index >= 15 is 0 Å². The van der Waals surface area contributed by atoms with Crippen molar-refractivity contribution in [1.29, 1.82) is 0 Å². The summed E-state index contributed by atoms with van der Waals surface area (Å²) in [4.78, 5) is 26.0. The van der Waals surface area contributed by atoms with Crippen LogP contribution in [-0.4, -0.2) is 28.0 Å². The molecule has 0 fully saturated rings. The van der Waals surface area contributed by atoms with Gasteiger partial charge >= 0.3 is 6.18 Å². The van der Waals surface area contributed by atoms with Crippen molar-refractivity contribution in [3.63, 3.8) is 0 Å². The van der Waals surface area contributed by atoms with Gasteiger partial charge in [-0.3, -0.25) is 19.7 Å². The number of carbonyl (C=O) groups is 1. The molecule has 1 N–H and O–H groups in total. The van der Waals surface area contributed by atoms with Crippen LogP contribution in [0, 0.1) is 0 Å². The van der Waals surface area contributed by atoms with E-state index in [0.717, 1.165) is 11.5 Å². The van der Waals surface area contributed by atoms with Crippen LogP contribution in [0.1, 0.15) is 33.2 Å². The van der Waals surface area contributed by atoms with E-state index in [1.165, 1.54) is 25.6 Å². The minimum Gasteiger partial charge on any atom is -0.497 e. The number of amides is 1. The zero-order valence-corrected chi connectivity index (χ0v) is 19.0. The molecule has 5 rings (SSSR count). The fraction of sp³-hybridized carbons (Fsp3) is 0.111. The molecule has 0 saturated heterocycles. The summed E-state index contributed by atoms with van der Waals surface area (Å²) in [6, 6.07) is 16.4. The quantitative estimate of drug-likeness (QED) is 0.342. The summed E-state index contributed by atoms with van der Waals surface area (Å²) in [6.07, 6.45) is -0.365. The number of halogens is 3. The smallest absolute Gasteiger partial charge is 0.418 e. The van der Waals surface area contributed by atoms with E-state index in [1.54, 1.807) is 54.7 Å². The third kappa shape index (κ3) is 4.55. The van der Waals surface area contributed by atoms with Gasteiger partial charge in [0.25, 0.3) is 5.91 Å². The molecule has 5 aromatic rings. The number of methoxy groups -OCH3 is 1. The molecule has 0 spiro atoms. The van der Waals surface area contributed by atoms with E-state index < -0.39 is 23.7 Å². The van der Waals surface area contributed by atoms with Crippen molar-refractivity contribution in [3.05, 3.63) is 108 Å². The third-order valence-corrected chi connectivity index (χ3v) is 5.81. The molecule has 2 aromatic carbocycles. The number of nitrogens with zero attached hydrogens (tertiary/aromatic N) is 3. The minimum atomic E-state index is -4.67. The maximum absolute atomic E-state index is 13.9. The monoisotopic (exact) mass is 488 g/mol. The van der Waals surface area contributed by atoms with E-state index in [1.807, 2.05) is 6.07 Å². The zero-order valence-electron chi connectivity index (χ0n) is 19.0. The summed E-state index contributed by atoms with van der Waals surface area (Å²) in [5.41, 5.74) is 0.535. The predicted molar refractivity (Wildman–Crippen MR) is 129 cm³/mol. The summed E-state index contributed by atoms with van der Waals surface area (Å²) in [7, 11) is 1.53. The first-order valence-corrected chi connectivity index (χ1v) is 10.9. The van der Waals surface area contributed by atoms with Gasteiger partial charge in [-0.15, -0.1) is 0 Å². The van der Waals surface area contributed by atoms with Gasteiger partial charge in [0, 0.05) is 41.0 Å². The average Bonchev–Trinajstić information content (AvgIpc) is 2.90. The van der Waals surface area contributed by atoms with E-state index in [9.17, 15) is 18.0 Å². The second-order valence-electron chi connectivity index (χ2n) is 8.08. The Morgan fingerprint density at radius 1 is 0.889 bits per heavy atom. The molecular formula is C27H19F3N4O2. The van der Waals surface area contributed by atoms with Gasteiger partial charge in [0.1, 0.15) is 5.75 Å². The van der Waals surface area contributed by atoms with E-state index in [2.05, 4.69) is 20.3 Å². The summed E-state index contributed by atoms with van der Waals surface area (Å²) >= 11 is 0. The zero-order chi connectivity index (χ0) is 25.3. The van der Waals surface area contributed by atoms with Gasteiger partial charge in [-0.25, -0.2) is 0 Å². The van der Waals surface area contributed by atoms with Crippen LogP contribution in [0.4, 0.5) is 13.2 Å². The average molecular weight is 488 g/mol. The number of rotatable bonds is 5. The van der Waals surface area contributed by atoms with Crippen LogP contribution in [0.3, 0.4) is 0 Å². The van der Waals surface area contributed by atoms with Crippen LogP contribution in [0.5, 0.6) is 5.75 Å². The second-order valence-corrected chi connectivity index (χ2v) is 8.08. The van der Waals surface area contributed by atoms with Crippen LogP contribution in [0.15, 0.2) is 85.3 Å². The molecule has 3 aromatic heterocycles. The highest BCUT2D eigenvalue weighted by Crippen LogP contribution is 2.36. The topological polar surface area (TPSA) is 77.0 Å². The van der Waals surface area contributed by atoms with Crippen molar-refractivity contribution in [1.82, 2.24) is 20.3 Å². The van der Waals surface area contributed by atoms with Crippen LogP contribution in [0.2, 0.25) is 0 Å². The molecule has 0 aliphatic heterocycles. The SMILES string of the molecule is COc1ccc2cc(C(NC(=O)c3ccc4cccnc4c3)c3ncccc3C(F)(F)F)cnc2c1. The number of hydrogen-bond acceptors (Lipinski definition) is 5. The first kappa shape index (κ1) is 23.2. The number of aromatic nitrogens is 3. The number of hydrogen-bond donors (Lipinski definition) is 1. The Labute approximate surface area is 203 Å². The number of alkyl halides is 3. The summed E-state index contributed by atoms with van der Waals surface area (Å²) < 4.78 is 46.9. The number of pyridine rings is 3. The highest BCUT2D eigenvalue weighted by atomic mass is 19.4. The van der Waals surface area contributed by atoms with Gasteiger partial charge in [0.15, 0.2) is 0 Å². The molecule has 1 amide bonds. The van der Waals surface area contributed by atoms with Crippen molar-refractivity contribution in [2.75, 3.05) is 7.11 Å². The molecule has 3 heterocycles. The van der Waals surface area contributed by atoms with Gasteiger partial charge in [0.2, 0.25) is 0 Å². The van der Waals surface area contributed by atoms with Gasteiger partial charge < -0.3 is 10.1 Å². The molecule has 36 heavy (non-hydrogen) atoms. The van der Waals surface area contributed by atoms with E-state index in [0.29, 0.717) is 27.7 Å². The fourth-order valence-electron chi connectivity index (χ4n) is 4.02. The fourth-order valence-corrected chi connectivity index (χ4v) is 4.02. The lowest BCUT2D eigenvalue weighted by molar-refractivity contribution is -0.138. The van der Waals surface area contributed by atoms with E-state index in [4.69, 9.17) is 4.74 Å². The van der Waals surface area contributed by atoms with Crippen LogP contribution in [-0.2, 0) is 6.18 Å². The highest BCUT2D eigenvalue weighted by molar-refractivity contribution is 5.98. The normalized spacial score (nSPS) is 12.4. The lowest BCUT2D eigenvalue weighted by Crippen LogP contribution is -2.31. The van der Waals surface area contributed by atoms with Crippen molar-refractivity contribution < 1.29 is 22.7 Å². The standard InChI is InChI=1S/C27H19F3N4O2/c1-36-20-9-8-17-12-19(15-33-23(17)14-20)24(25-21(27(28,29)30)5-3-11-32-25)34-26(35)18-7-6-16-4-2-10-31-22(16)13-18/h2-15,24H,1H3,(H,34,35). The Kier molecular flexibility index (Phi) is 5.97. The van der Waals surface area contributed by atoms with Crippen molar-refractivity contribution in [2.24, 2.45) is 0 Å². The van der Waals surface area contributed by atoms with Crippen LogP contribution >= 0.6 is 0 Å². The Morgan fingerprint density at radius 2 is 1.64 bits per heavy atom. The number of carbonyl (C=O) groups excluding carboxylic acids is 1. The molecule has 1 atom stereocenters. The lowest BCUT2D eigenvalue weighted by Gasteiger charge is -2.22. The number of nitrogens with one attached hydrogen (secondary N) is 1. The Hall–Kier alpha value is -4.53. The number of benzene rings is 2. The first-order valence-electron chi connectivity index (χ1n) is 10.9. The summed E-state index contributed by atoms with van der Waals surface area (Å²) in [5.74, 6) is 0.0303. The molecule has 0 aliphatic rings.